The van der Waals surface area contributed by atoms with Gasteiger partial charge in [-0.2, -0.15) is 0 Å². The lowest BCUT2D eigenvalue weighted by Crippen LogP contribution is -2.57. The molecule has 0 spiro atoms. The zero-order chi connectivity index (χ0) is 26.9. The monoisotopic (exact) mass is 512 g/mol. The van der Waals surface area contributed by atoms with E-state index in [2.05, 4.69) is 13.0 Å². The second-order valence-electron chi connectivity index (χ2n) is 10.4. The van der Waals surface area contributed by atoms with Crippen LogP contribution in [-0.4, -0.2) is 63.9 Å². The fourth-order valence-corrected chi connectivity index (χ4v) is 4.86. The summed E-state index contributed by atoms with van der Waals surface area (Å²) in [7, 11) is 0. The highest BCUT2D eigenvalue weighted by atomic mass is 16.4. The second-order valence-corrected chi connectivity index (χ2v) is 10.4. The molecule has 0 radical (unpaired) electrons. The molecule has 210 valence electrons. The van der Waals surface area contributed by atoms with Crippen molar-refractivity contribution in [2.45, 2.75) is 129 Å². The van der Waals surface area contributed by atoms with Gasteiger partial charge in [-0.15, -0.1) is 0 Å². The Morgan fingerprint density at radius 3 is 1.14 bits per heavy atom. The molecule has 0 bridgehead atoms. The molecule has 0 saturated heterocycles. The van der Waals surface area contributed by atoms with Crippen LogP contribution in [0.1, 0.15) is 129 Å². The SMILES string of the molecule is CCCCCCCCCCCCCCCCCC/C=C/CCC[N+](CC(=O)O)(CC(=O)O)CC(=O)O. The minimum absolute atomic E-state index is 0.217. The van der Waals surface area contributed by atoms with Crippen LogP contribution in [0.2, 0.25) is 0 Å². The highest BCUT2D eigenvalue weighted by Gasteiger charge is 2.35. The smallest absolute Gasteiger partial charge is 0.359 e. The van der Waals surface area contributed by atoms with Crippen molar-refractivity contribution in [3.8, 4) is 0 Å². The van der Waals surface area contributed by atoms with E-state index in [1.807, 2.05) is 6.08 Å². The summed E-state index contributed by atoms with van der Waals surface area (Å²) >= 11 is 0. The van der Waals surface area contributed by atoms with E-state index in [-0.39, 0.29) is 6.54 Å². The first-order valence-electron chi connectivity index (χ1n) is 14.5. The fourth-order valence-electron chi connectivity index (χ4n) is 4.86. The lowest BCUT2D eigenvalue weighted by Gasteiger charge is -2.34. The van der Waals surface area contributed by atoms with Crippen LogP contribution in [0, 0.1) is 0 Å². The van der Waals surface area contributed by atoms with Gasteiger partial charge in [0.2, 0.25) is 0 Å². The van der Waals surface area contributed by atoms with Crippen molar-refractivity contribution in [2.75, 3.05) is 26.2 Å². The summed E-state index contributed by atoms with van der Waals surface area (Å²) in [6, 6.07) is 0. The first kappa shape index (κ1) is 34.1. The summed E-state index contributed by atoms with van der Waals surface area (Å²) in [6.45, 7) is 0.987. The summed E-state index contributed by atoms with van der Waals surface area (Å²) in [4.78, 5) is 33.5. The molecule has 0 atom stereocenters. The Kier molecular flexibility index (Phi) is 22.3. The number of allylic oxidation sites excluding steroid dienone is 2. The number of unbranched alkanes of at least 4 members (excludes halogenated alkanes) is 17. The molecule has 0 aliphatic heterocycles. The summed E-state index contributed by atoms with van der Waals surface area (Å²) in [6.07, 6.45) is 28.1. The molecule has 0 saturated carbocycles. The van der Waals surface area contributed by atoms with Gasteiger partial charge in [-0.3, -0.25) is 4.48 Å². The van der Waals surface area contributed by atoms with Crippen molar-refractivity contribution in [3.63, 3.8) is 0 Å². The van der Waals surface area contributed by atoms with Crippen molar-refractivity contribution in [1.82, 2.24) is 0 Å². The number of carboxylic acids is 3. The maximum Gasteiger partial charge on any atom is 0.359 e. The minimum atomic E-state index is -1.18. The van der Waals surface area contributed by atoms with Crippen LogP contribution < -0.4 is 0 Å². The predicted molar refractivity (Wildman–Crippen MR) is 145 cm³/mol. The van der Waals surface area contributed by atoms with E-state index in [9.17, 15) is 14.4 Å². The Morgan fingerprint density at radius 1 is 0.500 bits per heavy atom. The third-order valence-corrected chi connectivity index (χ3v) is 6.81. The van der Waals surface area contributed by atoms with E-state index in [0.717, 1.165) is 12.8 Å². The van der Waals surface area contributed by atoms with Gasteiger partial charge in [0.1, 0.15) is 0 Å². The standard InChI is InChI=1S/C29H53NO6/c1-2-3-4-5-6-7-8-9-10-11-12-13-14-15-16-17-18-19-20-21-22-23-30(24-27(31)32,25-28(33)34)26-29(35)36/h19-20H,2-18,21-26H2,1H3,(H2-,31,32,33,34,35,36)/p+1/b20-19+. The quantitative estimate of drug-likeness (QED) is 0.0618. The molecule has 0 amide bonds. The highest BCUT2D eigenvalue weighted by molar-refractivity contribution is 5.73. The molecule has 3 N–H and O–H groups in total. The minimum Gasteiger partial charge on any atom is -0.477 e. The number of hydrogen-bond acceptors (Lipinski definition) is 3. The van der Waals surface area contributed by atoms with Gasteiger partial charge >= 0.3 is 17.9 Å². The zero-order valence-corrected chi connectivity index (χ0v) is 22.9. The summed E-state index contributed by atoms with van der Waals surface area (Å²) in [5.41, 5.74) is 0. The molecule has 0 unspecified atom stereocenters. The Labute approximate surface area is 219 Å². The number of rotatable bonds is 27. The van der Waals surface area contributed by atoms with E-state index in [1.54, 1.807) is 0 Å². The second kappa shape index (κ2) is 23.5. The molecule has 0 aliphatic carbocycles. The summed E-state index contributed by atoms with van der Waals surface area (Å²) in [5.74, 6) is -3.55. The van der Waals surface area contributed by atoms with Crippen LogP contribution >= 0.6 is 0 Å². The van der Waals surface area contributed by atoms with Gasteiger partial charge in [-0.05, 0) is 19.3 Å². The van der Waals surface area contributed by atoms with Crippen LogP contribution in [0.4, 0.5) is 0 Å². The predicted octanol–water partition coefficient (Wildman–Crippen LogP) is 7.05. The van der Waals surface area contributed by atoms with Crippen molar-refractivity contribution >= 4 is 17.9 Å². The molecule has 0 fully saturated rings. The van der Waals surface area contributed by atoms with E-state index >= 15 is 0 Å². The molecule has 36 heavy (non-hydrogen) atoms. The van der Waals surface area contributed by atoms with Gasteiger partial charge in [0.15, 0.2) is 19.6 Å². The van der Waals surface area contributed by atoms with Crippen molar-refractivity contribution in [1.29, 1.82) is 0 Å². The van der Waals surface area contributed by atoms with Crippen LogP contribution in [0.3, 0.4) is 0 Å². The van der Waals surface area contributed by atoms with Crippen LogP contribution in [-0.2, 0) is 14.4 Å². The van der Waals surface area contributed by atoms with Gasteiger partial charge in [0, 0.05) is 6.42 Å². The number of hydrogen-bond donors (Lipinski definition) is 3. The van der Waals surface area contributed by atoms with Gasteiger partial charge in [-0.1, -0.05) is 115 Å². The topological polar surface area (TPSA) is 112 Å². The van der Waals surface area contributed by atoms with Crippen molar-refractivity contribution < 1.29 is 34.2 Å². The molecule has 0 aliphatic rings. The third kappa shape index (κ3) is 22.6. The molecular formula is C29H54NO6+. The number of aliphatic carboxylic acids is 3. The fraction of sp³-hybridized carbons (Fsp3) is 0.828. The van der Waals surface area contributed by atoms with Crippen molar-refractivity contribution in [3.05, 3.63) is 12.2 Å². The number of carboxylic acid groups (broad SMARTS) is 3. The normalized spacial score (nSPS) is 11.8. The molecule has 7 heteroatoms. The number of carbonyl (C=O) groups is 3. The lowest BCUT2D eigenvalue weighted by atomic mass is 10.0. The number of quaternary nitrogens is 1. The Balaban J connectivity index is 3.72. The summed E-state index contributed by atoms with van der Waals surface area (Å²) < 4.78 is -0.465. The first-order chi connectivity index (χ1) is 17.3. The molecule has 0 heterocycles. The zero-order valence-electron chi connectivity index (χ0n) is 22.9. The maximum atomic E-state index is 11.2. The number of nitrogens with zero attached hydrogens (tertiary/aromatic N) is 1. The maximum absolute atomic E-state index is 11.2. The van der Waals surface area contributed by atoms with E-state index in [0.29, 0.717) is 12.8 Å². The van der Waals surface area contributed by atoms with E-state index in [1.165, 1.54) is 96.3 Å². The van der Waals surface area contributed by atoms with Gasteiger partial charge < -0.3 is 15.3 Å². The molecule has 0 aromatic carbocycles. The van der Waals surface area contributed by atoms with E-state index in [4.69, 9.17) is 15.3 Å². The highest BCUT2D eigenvalue weighted by Crippen LogP contribution is 2.15. The lowest BCUT2D eigenvalue weighted by molar-refractivity contribution is -0.907. The Morgan fingerprint density at radius 2 is 0.806 bits per heavy atom. The summed E-state index contributed by atoms with van der Waals surface area (Å²) in [5, 5.41) is 27.4. The molecule has 0 aromatic heterocycles. The van der Waals surface area contributed by atoms with Crippen molar-refractivity contribution in [2.24, 2.45) is 0 Å². The molecular weight excluding hydrogens is 458 g/mol. The van der Waals surface area contributed by atoms with Gasteiger partial charge in [0.05, 0.1) is 6.54 Å². The molecule has 0 rings (SSSR count). The molecule has 0 aromatic rings. The van der Waals surface area contributed by atoms with Crippen LogP contribution in [0.5, 0.6) is 0 Å². The Bertz CT molecular complexity index is 564. The average molecular weight is 513 g/mol. The van der Waals surface area contributed by atoms with Crippen LogP contribution in [0.15, 0.2) is 12.2 Å². The Hall–Kier alpha value is -1.89. The third-order valence-electron chi connectivity index (χ3n) is 6.81. The van der Waals surface area contributed by atoms with E-state index < -0.39 is 42.0 Å². The van der Waals surface area contributed by atoms with Gasteiger partial charge in [0.25, 0.3) is 0 Å². The average Bonchev–Trinajstić information content (AvgIpc) is 2.78. The first-order valence-corrected chi connectivity index (χ1v) is 14.5. The van der Waals surface area contributed by atoms with Crippen LogP contribution in [0.25, 0.3) is 0 Å². The molecule has 7 nitrogen and oxygen atoms in total. The van der Waals surface area contributed by atoms with Gasteiger partial charge in [-0.25, -0.2) is 14.4 Å². The largest absolute Gasteiger partial charge is 0.477 e.